The van der Waals surface area contributed by atoms with Crippen molar-refractivity contribution in [2.45, 2.75) is 12.6 Å². The minimum absolute atomic E-state index is 0.0844. The predicted octanol–water partition coefficient (Wildman–Crippen LogP) is -0.999. The van der Waals surface area contributed by atoms with Crippen LogP contribution in [0.3, 0.4) is 0 Å². The molecule has 0 spiro atoms. The van der Waals surface area contributed by atoms with Crippen LogP contribution in [0.4, 0.5) is 5.69 Å². The maximum Gasteiger partial charge on any atom is 0.246 e. The van der Waals surface area contributed by atoms with Crippen molar-refractivity contribution >= 4 is 17.5 Å². The van der Waals surface area contributed by atoms with E-state index in [-0.39, 0.29) is 18.4 Å². The molecule has 112 valence electrons. The van der Waals surface area contributed by atoms with Gasteiger partial charge < -0.3 is 16.4 Å². The standard InChI is InChI=1S/C12H17N7O2/c1-14-10(20)7-19-6-9(4-16-19)17-12(21)11(13)8-3-15-18(2)5-8/h3-6,11H,7,13H2,1-2H3,(H,14,20)(H,17,21). The summed E-state index contributed by atoms with van der Waals surface area (Å²) >= 11 is 0. The molecule has 0 saturated heterocycles. The Morgan fingerprint density at radius 1 is 1.33 bits per heavy atom. The highest BCUT2D eigenvalue weighted by molar-refractivity contribution is 5.95. The summed E-state index contributed by atoms with van der Waals surface area (Å²) in [7, 11) is 3.29. The fourth-order valence-electron chi connectivity index (χ4n) is 1.71. The molecule has 2 amide bonds. The third-order valence-corrected chi connectivity index (χ3v) is 2.85. The summed E-state index contributed by atoms with van der Waals surface area (Å²) in [5, 5.41) is 13.1. The molecule has 0 saturated carbocycles. The normalized spacial score (nSPS) is 12.0. The second-order valence-electron chi connectivity index (χ2n) is 4.51. The first-order valence-corrected chi connectivity index (χ1v) is 6.27. The molecule has 9 nitrogen and oxygen atoms in total. The van der Waals surface area contributed by atoms with Crippen molar-refractivity contribution in [3.63, 3.8) is 0 Å². The fraction of sp³-hybridized carbons (Fsp3) is 0.333. The van der Waals surface area contributed by atoms with Crippen LogP contribution in [0.1, 0.15) is 11.6 Å². The van der Waals surface area contributed by atoms with Gasteiger partial charge in [0, 0.05) is 32.1 Å². The van der Waals surface area contributed by atoms with Crippen molar-refractivity contribution in [3.05, 3.63) is 30.4 Å². The van der Waals surface area contributed by atoms with Gasteiger partial charge in [-0.3, -0.25) is 19.0 Å². The third-order valence-electron chi connectivity index (χ3n) is 2.85. The first-order valence-electron chi connectivity index (χ1n) is 6.27. The molecule has 2 aromatic rings. The quantitative estimate of drug-likeness (QED) is 0.652. The van der Waals surface area contributed by atoms with Crippen molar-refractivity contribution in [2.24, 2.45) is 12.8 Å². The van der Waals surface area contributed by atoms with Crippen molar-refractivity contribution in [1.82, 2.24) is 24.9 Å². The van der Waals surface area contributed by atoms with E-state index in [4.69, 9.17) is 5.73 Å². The second-order valence-corrected chi connectivity index (χ2v) is 4.51. The molecule has 1 atom stereocenters. The van der Waals surface area contributed by atoms with E-state index in [2.05, 4.69) is 20.8 Å². The molecule has 4 N–H and O–H groups in total. The van der Waals surface area contributed by atoms with Gasteiger partial charge in [-0.05, 0) is 0 Å². The van der Waals surface area contributed by atoms with Gasteiger partial charge in [0.05, 0.1) is 18.1 Å². The maximum atomic E-state index is 12.0. The number of likely N-dealkylation sites (N-methyl/N-ethyl adjacent to an activating group) is 1. The number of rotatable bonds is 5. The SMILES string of the molecule is CNC(=O)Cn1cc(NC(=O)C(N)c2cnn(C)c2)cn1. The van der Waals surface area contributed by atoms with Crippen molar-refractivity contribution < 1.29 is 9.59 Å². The van der Waals surface area contributed by atoms with Gasteiger partial charge in [-0.1, -0.05) is 0 Å². The molecule has 21 heavy (non-hydrogen) atoms. The van der Waals surface area contributed by atoms with E-state index >= 15 is 0 Å². The zero-order valence-electron chi connectivity index (χ0n) is 11.8. The summed E-state index contributed by atoms with van der Waals surface area (Å²) in [5.74, 6) is -0.550. The molecule has 2 rings (SSSR count). The van der Waals surface area contributed by atoms with E-state index in [1.807, 2.05) is 0 Å². The number of hydrogen-bond donors (Lipinski definition) is 3. The lowest BCUT2D eigenvalue weighted by molar-refractivity contribution is -0.121. The molecule has 0 aliphatic rings. The Bertz CT molecular complexity index is 646. The minimum atomic E-state index is -0.819. The van der Waals surface area contributed by atoms with Gasteiger partial charge in [0.25, 0.3) is 0 Å². The molecule has 0 aliphatic heterocycles. The summed E-state index contributed by atoms with van der Waals surface area (Å²) in [6, 6.07) is -0.819. The highest BCUT2D eigenvalue weighted by Gasteiger charge is 2.18. The molecule has 2 heterocycles. The average Bonchev–Trinajstić information content (AvgIpc) is 3.07. The monoisotopic (exact) mass is 291 g/mol. The van der Waals surface area contributed by atoms with E-state index in [0.29, 0.717) is 11.3 Å². The van der Waals surface area contributed by atoms with Crippen LogP contribution in [0.2, 0.25) is 0 Å². The molecular formula is C12H17N7O2. The van der Waals surface area contributed by atoms with Gasteiger partial charge in [0.1, 0.15) is 12.6 Å². The van der Waals surface area contributed by atoms with Gasteiger partial charge in [-0.2, -0.15) is 10.2 Å². The van der Waals surface area contributed by atoms with Crippen molar-refractivity contribution in [2.75, 3.05) is 12.4 Å². The van der Waals surface area contributed by atoms with Crippen LogP contribution < -0.4 is 16.4 Å². The number of amides is 2. The first-order chi connectivity index (χ1) is 9.99. The van der Waals surface area contributed by atoms with Gasteiger partial charge in [0.15, 0.2) is 0 Å². The Morgan fingerprint density at radius 3 is 2.71 bits per heavy atom. The molecule has 0 aromatic carbocycles. The maximum absolute atomic E-state index is 12.0. The Balaban J connectivity index is 1.98. The summed E-state index contributed by atoms with van der Waals surface area (Å²) in [4.78, 5) is 23.2. The Hall–Kier alpha value is -2.68. The molecule has 1 unspecified atom stereocenters. The lowest BCUT2D eigenvalue weighted by Crippen LogP contribution is -2.27. The third kappa shape index (κ3) is 3.66. The van der Waals surface area contributed by atoms with Gasteiger partial charge in [0.2, 0.25) is 11.8 Å². The largest absolute Gasteiger partial charge is 0.358 e. The number of anilines is 1. The fourth-order valence-corrected chi connectivity index (χ4v) is 1.71. The zero-order valence-corrected chi connectivity index (χ0v) is 11.8. The number of hydrogen-bond acceptors (Lipinski definition) is 5. The van der Waals surface area contributed by atoms with Crippen LogP contribution in [-0.4, -0.2) is 38.4 Å². The van der Waals surface area contributed by atoms with Gasteiger partial charge in [-0.25, -0.2) is 0 Å². The van der Waals surface area contributed by atoms with Crippen LogP contribution in [0, 0.1) is 0 Å². The van der Waals surface area contributed by atoms with Gasteiger partial charge in [-0.15, -0.1) is 0 Å². The number of carbonyl (C=O) groups is 2. The number of nitrogens with one attached hydrogen (secondary N) is 2. The van der Waals surface area contributed by atoms with Crippen LogP contribution in [-0.2, 0) is 23.2 Å². The van der Waals surface area contributed by atoms with Crippen LogP contribution >= 0.6 is 0 Å². The van der Waals surface area contributed by atoms with E-state index in [9.17, 15) is 9.59 Å². The number of nitrogens with two attached hydrogens (primary N) is 1. The molecule has 0 bridgehead atoms. The zero-order chi connectivity index (χ0) is 15.4. The van der Waals surface area contributed by atoms with E-state index in [1.165, 1.54) is 10.9 Å². The molecule has 2 aromatic heterocycles. The summed E-state index contributed by atoms with van der Waals surface area (Å²) in [6.07, 6.45) is 6.23. The van der Waals surface area contributed by atoms with Crippen LogP contribution in [0.5, 0.6) is 0 Å². The van der Waals surface area contributed by atoms with E-state index in [1.54, 1.807) is 37.4 Å². The molecule has 0 radical (unpaired) electrons. The number of aryl methyl sites for hydroxylation is 1. The second kappa shape index (κ2) is 6.18. The van der Waals surface area contributed by atoms with Gasteiger partial charge >= 0.3 is 0 Å². The Kier molecular flexibility index (Phi) is 4.33. The summed E-state index contributed by atoms with van der Waals surface area (Å²) < 4.78 is 2.99. The summed E-state index contributed by atoms with van der Waals surface area (Å²) in [6.45, 7) is 0.0844. The van der Waals surface area contributed by atoms with Crippen LogP contribution in [0.25, 0.3) is 0 Å². The topological polar surface area (TPSA) is 120 Å². The van der Waals surface area contributed by atoms with Crippen molar-refractivity contribution in [1.29, 1.82) is 0 Å². The average molecular weight is 291 g/mol. The number of carbonyl (C=O) groups excluding carboxylic acids is 2. The predicted molar refractivity (Wildman–Crippen MR) is 75.1 cm³/mol. The molecular weight excluding hydrogens is 274 g/mol. The lowest BCUT2D eigenvalue weighted by atomic mass is 10.1. The Morgan fingerprint density at radius 2 is 2.10 bits per heavy atom. The molecule has 0 aliphatic carbocycles. The van der Waals surface area contributed by atoms with Crippen LogP contribution in [0.15, 0.2) is 24.8 Å². The van der Waals surface area contributed by atoms with E-state index in [0.717, 1.165) is 0 Å². The number of aromatic nitrogens is 4. The molecule has 0 fully saturated rings. The Labute approximate surface area is 121 Å². The van der Waals surface area contributed by atoms with Crippen molar-refractivity contribution in [3.8, 4) is 0 Å². The minimum Gasteiger partial charge on any atom is -0.358 e. The van der Waals surface area contributed by atoms with E-state index < -0.39 is 6.04 Å². The summed E-state index contributed by atoms with van der Waals surface area (Å²) in [5.41, 5.74) is 6.95. The smallest absolute Gasteiger partial charge is 0.246 e. The first kappa shape index (κ1) is 14.7. The highest BCUT2D eigenvalue weighted by atomic mass is 16.2. The number of nitrogens with zero attached hydrogens (tertiary/aromatic N) is 4. The lowest BCUT2D eigenvalue weighted by Gasteiger charge is -2.08. The highest BCUT2D eigenvalue weighted by Crippen LogP contribution is 2.12. The molecule has 9 heteroatoms.